The maximum absolute atomic E-state index is 11.8. The summed E-state index contributed by atoms with van der Waals surface area (Å²) in [5, 5.41) is 5.91. The number of likely N-dealkylation sites (tertiary alicyclic amines) is 1. The molecule has 0 atom stereocenters. The number of aromatic nitrogens is 2. The molecule has 35 heavy (non-hydrogen) atoms. The average Bonchev–Trinajstić information content (AvgIpc) is 3.30. The SMILES string of the molecule is CNC(=O)c1cc(Oc2ccc3nc(Nc4ccccc4CCN4CCCCC4)oc3c2)ccn1. The van der Waals surface area contributed by atoms with Gasteiger partial charge < -0.3 is 24.7 Å². The van der Waals surface area contributed by atoms with Crippen LogP contribution in [0.4, 0.5) is 11.7 Å². The first-order valence-electron chi connectivity index (χ1n) is 12.0. The minimum absolute atomic E-state index is 0.270. The number of anilines is 2. The third kappa shape index (κ3) is 5.60. The summed E-state index contributed by atoms with van der Waals surface area (Å²) in [5.41, 5.74) is 3.87. The Hall–Kier alpha value is -3.91. The molecule has 0 radical (unpaired) electrons. The molecule has 1 amide bonds. The molecule has 4 aromatic rings. The number of ether oxygens (including phenoxy) is 1. The van der Waals surface area contributed by atoms with E-state index in [1.807, 2.05) is 18.2 Å². The fourth-order valence-electron chi connectivity index (χ4n) is 4.32. The average molecular weight is 472 g/mol. The van der Waals surface area contributed by atoms with Crippen LogP contribution in [0.25, 0.3) is 11.1 Å². The van der Waals surface area contributed by atoms with Gasteiger partial charge in [0.15, 0.2) is 5.58 Å². The smallest absolute Gasteiger partial charge is 0.300 e. The molecule has 1 aliphatic heterocycles. The van der Waals surface area contributed by atoms with Gasteiger partial charge in [-0.05, 0) is 62.2 Å². The zero-order chi connectivity index (χ0) is 24.0. The molecule has 1 saturated heterocycles. The fourth-order valence-corrected chi connectivity index (χ4v) is 4.32. The van der Waals surface area contributed by atoms with Crippen molar-refractivity contribution in [3.05, 3.63) is 72.1 Å². The Balaban J connectivity index is 1.29. The number of pyridine rings is 1. The van der Waals surface area contributed by atoms with Crippen molar-refractivity contribution in [1.82, 2.24) is 20.2 Å². The number of piperidine rings is 1. The number of rotatable bonds is 8. The largest absolute Gasteiger partial charge is 0.457 e. The van der Waals surface area contributed by atoms with Crippen LogP contribution >= 0.6 is 0 Å². The Labute approximate surface area is 204 Å². The molecular formula is C27H29N5O3. The van der Waals surface area contributed by atoms with Crippen molar-refractivity contribution in [2.75, 3.05) is 32.0 Å². The number of hydrogen-bond donors (Lipinski definition) is 2. The molecule has 0 saturated carbocycles. The van der Waals surface area contributed by atoms with Crippen LogP contribution in [-0.4, -0.2) is 47.5 Å². The van der Waals surface area contributed by atoms with Gasteiger partial charge >= 0.3 is 0 Å². The molecule has 0 spiro atoms. The first-order chi connectivity index (χ1) is 17.2. The number of nitrogens with one attached hydrogen (secondary N) is 2. The Morgan fingerprint density at radius 3 is 2.74 bits per heavy atom. The standard InChI is InChI=1S/C27H29N5O3/c1-28-26(33)24-17-21(11-13-29-24)34-20-9-10-23-25(18-20)35-27(31-23)30-22-8-4-3-7-19(22)12-16-32-14-5-2-6-15-32/h3-4,7-11,13,17-18H,2,5-6,12,14-16H2,1H3,(H,28,33)(H,30,31). The van der Waals surface area contributed by atoms with Gasteiger partial charge in [-0.25, -0.2) is 0 Å². The number of para-hydroxylation sites is 1. The number of nitrogens with zero attached hydrogens (tertiary/aromatic N) is 3. The van der Waals surface area contributed by atoms with Crippen molar-refractivity contribution in [3.8, 4) is 11.5 Å². The van der Waals surface area contributed by atoms with E-state index in [0.29, 0.717) is 23.1 Å². The van der Waals surface area contributed by atoms with Crippen LogP contribution < -0.4 is 15.4 Å². The fraction of sp³-hybridized carbons (Fsp3) is 0.296. The maximum Gasteiger partial charge on any atom is 0.300 e. The Kier molecular flexibility index (Phi) is 6.90. The van der Waals surface area contributed by atoms with Crippen LogP contribution in [0.3, 0.4) is 0 Å². The molecule has 0 unspecified atom stereocenters. The van der Waals surface area contributed by atoms with Crippen molar-refractivity contribution in [2.24, 2.45) is 0 Å². The highest BCUT2D eigenvalue weighted by Gasteiger charge is 2.13. The molecular weight excluding hydrogens is 442 g/mol. The summed E-state index contributed by atoms with van der Waals surface area (Å²) >= 11 is 0. The molecule has 5 rings (SSSR count). The highest BCUT2D eigenvalue weighted by atomic mass is 16.5. The second-order valence-corrected chi connectivity index (χ2v) is 8.64. The van der Waals surface area contributed by atoms with Crippen molar-refractivity contribution in [2.45, 2.75) is 25.7 Å². The highest BCUT2D eigenvalue weighted by Crippen LogP contribution is 2.29. The minimum atomic E-state index is -0.270. The van der Waals surface area contributed by atoms with Crippen LogP contribution in [-0.2, 0) is 6.42 Å². The molecule has 0 bridgehead atoms. The second-order valence-electron chi connectivity index (χ2n) is 8.64. The highest BCUT2D eigenvalue weighted by molar-refractivity contribution is 5.92. The zero-order valence-corrected chi connectivity index (χ0v) is 19.8. The molecule has 1 fully saturated rings. The van der Waals surface area contributed by atoms with E-state index in [2.05, 4.69) is 43.7 Å². The number of oxazole rings is 1. The minimum Gasteiger partial charge on any atom is -0.457 e. The van der Waals surface area contributed by atoms with Crippen LogP contribution in [0.15, 0.2) is 65.2 Å². The van der Waals surface area contributed by atoms with Crippen LogP contribution in [0, 0.1) is 0 Å². The Bertz CT molecular complexity index is 1310. The van der Waals surface area contributed by atoms with E-state index >= 15 is 0 Å². The molecule has 0 aliphatic carbocycles. The number of fused-ring (bicyclic) bond motifs is 1. The molecule has 3 heterocycles. The summed E-state index contributed by atoms with van der Waals surface area (Å²) in [7, 11) is 1.56. The molecule has 2 N–H and O–H groups in total. The van der Waals surface area contributed by atoms with Gasteiger partial charge in [-0.2, -0.15) is 4.98 Å². The topological polar surface area (TPSA) is 92.5 Å². The molecule has 2 aromatic heterocycles. The van der Waals surface area contributed by atoms with E-state index in [4.69, 9.17) is 9.15 Å². The van der Waals surface area contributed by atoms with Gasteiger partial charge in [0.2, 0.25) is 0 Å². The molecule has 1 aliphatic rings. The van der Waals surface area contributed by atoms with Crippen LogP contribution in [0.2, 0.25) is 0 Å². The first-order valence-corrected chi connectivity index (χ1v) is 12.0. The van der Waals surface area contributed by atoms with E-state index < -0.39 is 0 Å². The van der Waals surface area contributed by atoms with E-state index in [1.54, 1.807) is 25.2 Å². The number of carbonyl (C=O) groups excluding carboxylic acids is 1. The van der Waals surface area contributed by atoms with E-state index in [-0.39, 0.29) is 11.6 Å². The van der Waals surface area contributed by atoms with Crippen LogP contribution in [0.1, 0.15) is 35.3 Å². The predicted molar refractivity (Wildman–Crippen MR) is 135 cm³/mol. The Morgan fingerprint density at radius 1 is 1.06 bits per heavy atom. The lowest BCUT2D eigenvalue weighted by Crippen LogP contribution is -2.31. The number of hydrogen-bond acceptors (Lipinski definition) is 7. The summed E-state index contributed by atoms with van der Waals surface area (Å²) < 4.78 is 11.9. The van der Waals surface area contributed by atoms with Crippen molar-refractivity contribution < 1.29 is 13.9 Å². The van der Waals surface area contributed by atoms with Gasteiger partial charge in [-0.3, -0.25) is 9.78 Å². The third-order valence-electron chi connectivity index (χ3n) is 6.19. The summed E-state index contributed by atoms with van der Waals surface area (Å²) in [4.78, 5) is 23.0. The van der Waals surface area contributed by atoms with Gasteiger partial charge in [-0.1, -0.05) is 24.6 Å². The predicted octanol–water partition coefficient (Wildman–Crippen LogP) is 5.15. The van der Waals surface area contributed by atoms with E-state index in [0.717, 1.165) is 24.2 Å². The summed E-state index contributed by atoms with van der Waals surface area (Å²) in [6.07, 6.45) is 6.46. The maximum atomic E-state index is 11.8. The van der Waals surface area contributed by atoms with Gasteiger partial charge in [0.25, 0.3) is 11.9 Å². The first kappa shape index (κ1) is 22.9. The lowest BCUT2D eigenvalue weighted by atomic mass is 10.1. The van der Waals surface area contributed by atoms with Crippen molar-refractivity contribution in [1.29, 1.82) is 0 Å². The third-order valence-corrected chi connectivity index (χ3v) is 6.19. The number of amides is 1. The summed E-state index contributed by atoms with van der Waals surface area (Å²) in [6, 6.07) is 17.5. The monoisotopic (exact) mass is 471 g/mol. The van der Waals surface area contributed by atoms with Gasteiger partial charge in [0.05, 0.1) is 0 Å². The lowest BCUT2D eigenvalue weighted by molar-refractivity contribution is 0.0958. The molecule has 8 nitrogen and oxygen atoms in total. The van der Waals surface area contributed by atoms with Gasteiger partial charge in [0, 0.05) is 37.6 Å². The lowest BCUT2D eigenvalue weighted by Gasteiger charge is -2.26. The van der Waals surface area contributed by atoms with Gasteiger partial charge in [0.1, 0.15) is 22.7 Å². The number of benzene rings is 2. The quantitative estimate of drug-likeness (QED) is 0.367. The van der Waals surface area contributed by atoms with Crippen molar-refractivity contribution in [3.63, 3.8) is 0 Å². The normalized spacial score (nSPS) is 14.1. The van der Waals surface area contributed by atoms with Gasteiger partial charge in [-0.15, -0.1) is 0 Å². The van der Waals surface area contributed by atoms with Crippen molar-refractivity contribution >= 4 is 28.7 Å². The van der Waals surface area contributed by atoms with E-state index in [1.165, 1.54) is 44.1 Å². The Morgan fingerprint density at radius 2 is 1.89 bits per heavy atom. The number of carbonyl (C=O) groups is 1. The van der Waals surface area contributed by atoms with E-state index in [9.17, 15) is 4.79 Å². The summed E-state index contributed by atoms with van der Waals surface area (Å²) in [5.74, 6) is 0.822. The zero-order valence-electron chi connectivity index (χ0n) is 19.8. The molecule has 180 valence electrons. The summed E-state index contributed by atoms with van der Waals surface area (Å²) in [6.45, 7) is 3.44. The van der Waals surface area contributed by atoms with Crippen LogP contribution in [0.5, 0.6) is 11.5 Å². The molecule has 2 aromatic carbocycles. The second kappa shape index (κ2) is 10.6. The molecule has 8 heteroatoms.